The lowest BCUT2D eigenvalue weighted by Crippen LogP contribution is -2.38. The van der Waals surface area contributed by atoms with E-state index >= 15 is 0 Å². The van der Waals surface area contributed by atoms with E-state index in [0.717, 1.165) is 25.1 Å². The average Bonchev–Trinajstić information content (AvgIpc) is 3.11. The first-order chi connectivity index (χ1) is 9.81. The lowest BCUT2D eigenvalue weighted by Gasteiger charge is -2.10. The molecule has 1 amide bonds. The van der Waals surface area contributed by atoms with Crippen LogP contribution in [0.4, 0.5) is 0 Å². The minimum absolute atomic E-state index is 0. The Labute approximate surface area is 128 Å². The van der Waals surface area contributed by atoms with Crippen LogP contribution in [0.3, 0.4) is 0 Å². The molecule has 2 aromatic rings. The molecule has 1 atom stereocenters. The first kappa shape index (κ1) is 15.4. The third kappa shape index (κ3) is 3.99. The number of benzene rings is 1. The molecule has 112 valence electrons. The second-order valence-corrected chi connectivity index (χ2v) is 4.77. The van der Waals surface area contributed by atoms with Crippen LogP contribution in [0.15, 0.2) is 30.3 Å². The number of carbonyl (C=O) groups excluding carboxylic acids is 1. The number of carbonyl (C=O) groups is 1. The quantitative estimate of drug-likeness (QED) is 0.845. The molecule has 21 heavy (non-hydrogen) atoms. The fraction of sp³-hybridized carbons (Fsp3) is 0.385. The van der Waals surface area contributed by atoms with E-state index in [-0.39, 0.29) is 30.9 Å². The Kier molecular flexibility index (Phi) is 5.24. The van der Waals surface area contributed by atoms with Crippen molar-refractivity contribution in [3.63, 3.8) is 0 Å². The first-order valence-corrected chi connectivity index (χ1v) is 6.64. The molecule has 1 fully saturated rings. The van der Waals surface area contributed by atoms with E-state index in [1.54, 1.807) is 0 Å². The zero-order valence-electron chi connectivity index (χ0n) is 11.4. The summed E-state index contributed by atoms with van der Waals surface area (Å²) in [6.07, 6.45) is 0.964. The molecule has 1 unspecified atom stereocenters. The standard InChI is InChI=1S/C13H16N6O.ClH/c20-12(15-11-6-7-14-8-11)9-19-17-13(16-18-19)10-4-2-1-3-5-10;/h1-5,11,14H,6-9H2,(H,15,20);1H. The third-order valence-electron chi connectivity index (χ3n) is 3.20. The van der Waals surface area contributed by atoms with E-state index in [0.29, 0.717) is 5.82 Å². The molecule has 7 nitrogen and oxygen atoms in total. The molecule has 2 heterocycles. The maximum atomic E-state index is 11.8. The van der Waals surface area contributed by atoms with Crippen LogP contribution in [-0.4, -0.2) is 45.2 Å². The molecule has 0 saturated carbocycles. The van der Waals surface area contributed by atoms with Crippen LogP contribution >= 0.6 is 12.4 Å². The van der Waals surface area contributed by atoms with E-state index in [1.807, 2.05) is 30.3 Å². The van der Waals surface area contributed by atoms with E-state index in [2.05, 4.69) is 26.0 Å². The van der Waals surface area contributed by atoms with E-state index < -0.39 is 0 Å². The van der Waals surface area contributed by atoms with Gasteiger partial charge in [0.05, 0.1) is 0 Å². The number of rotatable bonds is 4. The summed E-state index contributed by atoms with van der Waals surface area (Å²) in [5, 5.41) is 18.2. The summed E-state index contributed by atoms with van der Waals surface area (Å²) in [4.78, 5) is 13.2. The molecule has 0 spiro atoms. The lowest BCUT2D eigenvalue weighted by atomic mass is 10.2. The highest BCUT2D eigenvalue weighted by molar-refractivity contribution is 5.85. The zero-order chi connectivity index (χ0) is 13.8. The highest BCUT2D eigenvalue weighted by Crippen LogP contribution is 2.11. The van der Waals surface area contributed by atoms with E-state index in [1.165, 1.54) is 4.80 Å². The van der Waals surface area contributed by atoms with Gasteiger partial charge in [-0.2, -0.15) is 4.80 Å². The van der Waals surface area contributed by atoms with Gasteiger partial charge in [-0.1, -0.05) is 30.3 Å². The Morgan fingerprint density at radius 3 is 2.90 bits per heavy atom. The summed E-state index contributed by atoms with van der Waals surface area (Å²) in [5.41, 5.74) is 0.888. The zero-order valence-corrected chi connectivity index (χ0v) is 12.2. The Morgan fingerprint density at radius 1 is 1.38 bits per heavy atom. The largest absolute Gasteiger partial charge is 0.350 e. The summed E-state index contributed by atoms with van der Waals surface area (Å²) in [6, 6.07) is 9.78. The number of hydrogen-bond donors (Lipinski definition) is 2. The van der Waals surface area contributed by atoms with Crippen molar-refractivity contribution < 1.29 is 4.79 Å². The number of tetrazole rings is 1. The number of nitrogens with zero attached hydrogens (tertiary/aromatic N) is 4. The third-order valence-corrected chi connectivity index (χ3v) is 3.20. The second kappa shape index (κ2) is 7.14. The molecule has 8 heteroatoms. The van der Waals surface area contributed by atoms with E-state index in [9.17, 15) is 4.79 Å². The summed E-state index contributed by atoms with van der Waals surface area (Å²) in [7, 11) is 0. The van der Waals surface area contributed by atoms with Crippen molar-refractivity contribution >= 4 is 18.3 Å². The van der Waals surface area contributed by atoms with Crippen molar-refractivity contribution in [3.05, 3.63) is 30.3 Å². The maximum Gasteiger partial charge on any atom is 0.243 e. The molecule has 0 bridgehead atoms. The maximum absolute atomic E-state index is 11.8. The Balaban J connectivity index is 0.00000161. The number of aromatic nitrogens is 4. The molecular weight excluding hydrogens is 292 g/mol. The van der Waals surface area contributed by atoms with Crippen LogP contribution < -0.4 is 10.6 Å². The minimum Gasteiger partial charge on any atom is -0.350 e. The van der Waals surface area contributed by atoms with Crippen molar-refractivity contribution in [2.45, 2.75) is 19.0 Å². The van der Waals surface area contributed by atoms with Crippen molar-refractivity contribution in [3.8, 4) is 11.4 Å². The van der Waals surface area contributed by atoms with Gasteiger partial charge in [0.2, 0.25) is 11.7 Å². The monoisotopic (exact) mass is 308 g/mol. The Hall–Kier alpha value is -1.99. The molecule has 1 aromatic carbocycles. The van der Waals surface area contributed by atoms with Crippen molar-refractivity contribution in [2.75, 3.05) is 13.1 Å². The van der Waals surface area contributed by atoms with E-state index in [4.69, 9.17) is 0 Å². The lowest BCUT2D eigenvalue weighted by molar-refractivity contribution is -0.122. The molecule has 1 saturated heterocycles. The highest BCUT2D eigenvalue weighted by Gasteiger charge is 2.17. The number of nitrogens with one attached hydrogen (secondary N) is 2. The minimum atomic E-state index is -0.0873. The fourth-order valence-electron chi connectivity index (χ4n) is 2.19. The number of halogens is 1. The summed E-state index contributed by atoms with van der Waals surface area (Å²) >= 11 is 0. The topological polar surface area (TPSA) is 84.7 Å². The predicted molar refractivity (Wildman–Crippen MR) is 79.9 cm³/mol. The molecular formula is C13H17ClN6O. The first-order valence-electron chi connectivity index (χ1n) is 6.64. The van der Waals surface area contributed by atoms with Gasteiger partial charge < -0.3 is 10.6 Å². The molecule has 0 aliphatic carbocycles. The Bertz CT molecular complexity index is 581. The normalized spacial score (nSPS) is 17.2. The van der Waals surface area contributed by atoms with Gasteiger partial charge in [-0.3, -0.25) is 4.79 Å². The number of amides is 1. The van der Waals surface area contributed by atoms with Crippen molar-refractivity contribution in [1.29, 1.82) is 0 Å². The molecule has 1 aliphatic rings. The molecule has 1 aromatic heterocycles. The van der Waals surface area contributed by atoms with Gasteiger partial charge in [-0.05, 0) is 18.2 Å². The van der Waals surface area contributed by atoms with Gasteiger partial charge in [0.1, 0.15) is 6.54 Å². The van der Waals surface area contributed by atoms with Gasteiger partial charge >= 0.3 is 0 Å². The van der Waals surface area contributed by atoms with Gasteiger partial charge in [-0.25, -0.2) is 0 Å². The van der Waals surface area contributed by atoms with Gasteiger partial charge in [-0.15, -0.1) is 22.6 Å². The Morgan fingerprint density at radius 2 is 2.19 bits per heavy atom. The highest BCUT2D eigenvalue weighted by atomic mass is 35.5. The summed E-state index contributed by atoms with van der Waals surface area (Å²) in [6.45, 7) is 1.87. The van der Waals surface area contributed by atoms with Gasteiger partial charge in [0.25, 0.3) is 0 Å². The van der Waals surface area contributed by atoms with Crippen LogP contribution in [0.5, 0.6) is 0 Å². The average molecular weight is 309 g/mol. The summed E-state index contributed by atoms with van der Waals surface area (Å²) < 4.78 is 0. The van der Waals surface area contributed by atoms with Crippen LogP contribution in [0.1, 0.15) is 6.42 Å². The van der Waals surface area contributed by atoms with Gasteiger partial charge in [0, 0.05) is 18.2 Å². The van der Waals surface area contributed by atoms with Crippen LogP contribution in [-0.2, 0) is 11.3 Å². The van der Waals surface area contributed by atoms with Crippen LogP contribution in [0, 0.1) is 0 Å². The predicted octanol–water partition coefficient (Wildman–Crippen LogP) is 0.240. The summed E-state index contributed by atoms with van der Waals surface area (Å²) in [5.74, 6) is 0.441. The molecule has 2 N–H and O–H groups in total. The van der Waals surface area contributed by atoms with Crippen molar-refractivity contribution in [1.82, 2.24) is 30.8 Å². The van der Waals surface area contributed by atoms with Crippen LogP contribution in [0.25, 0.3) is 11.4 Å². The molecule has 3 rings (SSSR count). The van der Waals surface area contributed by atoms with Crippen molar-refractivity contribution in [2.24, 2.45) is 0 Å². The number of hydrogen-bond acceptors (Lipinski definition) is 5. The molecule has 0 radical (unpaired) electrons. The SMILES string of the molecule is Cl.O=C(Cn1nnc(-c2ccccc2)n1)NC1CCNC1. The smallest absolute Gasteiger partial charge is 0.243 e. The second-order valence-electron chi connectivity index (χ2n) is 4.77. The molecule has 1 aliphatic heterocycles. The fourth-order valence-corrected chi connectivity index (χ4v) is 2.19. The van der Waals surface area contributed by atoms with Crippen LogP contribution in [0.2, 0.25) is 0 Å². The van der Waals surface area contributed by atoms with Gasteiger partial charge in [0.15, 0.2) is 0 Å².